The summed E-state index contributed by atoms with van der Waals surface area (Å²) in [5, 5.41) is 16.7. The van der Waals surface area contributed by atoms with Crippen LogP contribution in [0, 0.1) is 0 Å². The second-order valence-corrected chi connectivity index (χ2v) is 6.02. The molecule has 10 heteroatoms. The maximum Gasteiger partial charge on any atom is 0.433 e. The van der Waals surface area contributed by atoms with Crippen molar-refractivity contribution in [1.29, 1.82) is 0 Å². The van der Waals surface area contributed by atoms with Gasteiger partial charge in [-0.25, -0.2) is 9.97 Å². The summed E-state index contributed by atoms with van der Waals surface area (Å²) in [7, 11) is 0. The Hall–Kier alpha value is -2.20. The fourth-order valence-corrected chi connectivity index (χ4v) is 2.62. The van der Waals surface area contributed by atoms with Crippen molar-refractivity contribution >= 4 is 5.95 Å². The molecule has 0 unspecified atom stereocenters. The highest BCUT2D eigenvalue weighted by Crippen LogP contribution is 2.32. The number of rotatable bonds is 3. The molecule has 2 saturated heterocycles. The van der Waals surface area contributed by atoms with E-state index in [1.165, 1.54) is 11.1 Å². The number of hydrogen-bond acceptors (Lipinski definition) is 6. The third-order valence-corrected chi connectivity index (χ3v) is 4.18. The number of halogens is 3. The van der Waals surface area contributed by atoms with Gasteiger partial charge in [-0.15, -0.1) is 0 Å². The Morgan fingerprint density at radius 3 is 2.25 bits per heavy atom. The Morgan fingerprint density at radius 2 is 1.75 bits per heavy atom. The molecule has 0 bridgehead atoms. The van der Waals surface area contributed by atoms with Crippen LogP contribution in [-0.4, -0.2) is 57.1 Å². The van der Waals surface area contributed by atoms with Crippen LogP contribution in [0.4, 0.5) is 19.1 Å². The lowest BCUT2D eigenvalue weighted by atomic mass is 10.1. The van der Waals surface area contributed by atoms with Crippen molar-refractivity contribution in [2.45, 2.75) is 46.0 Å². The Morgan fingerprint density at radius 1 is 1.11 bits per heavy atom. The summed E-state index contributed by atoms with van der Waals surface area (Å²) in [4.78, 5) is 9.34. The molecule has 2 aliphatic rings. The van der Waals surface area contributed by atoms with Crippen LogP contribution in [0.2, 0.25) is 0 Å². The Bertz CT molecular complexity index is 754. The summed E-state index contributed by atoms with van der Waals surface area (Å²) in [6.45, 7) is 10.0. The molecule has 0 aromatic carbocycles. The largest absolute Gasteiger partial charge is 0.433 e. The molecule has 156 valence electrons. The summed E-state index contributed by atoms with van der Waals surface area (Å²) in [6, 6.07) is 1.15. The van der Waals surface area contributed by atoms with Crippen LogP contribution in [0.1, 0.15) is 39.4 Å². The molecule has 0 atom stereocenters. The van der Waals surface area contributed by atoms with Gasteiger partial charge in [-0.1, -0.05) is 27.7 Å². The van der Waals surface area contributed by atoms with Crippen molar-refractivity contribution < 1.29 is 18.3 Å². The molecular formula is C18H27F3N6O. The first-order chi connectivity index (χ1) is 13.4. The summed E-state index contributed by atoms with van der Waals surface area (Å²) < 4.78 is 41.1. The van der Waals surface area contributed by atoms with E-state index in [0.29, 0.717) is 5.56 Å². The van der Waals surface area contributed by atoms with E-state index in [2.05, 4.69) is 20.4 Å². The quantitative estimate of drug-likeness (QED) is 0.825. The van der Waals surface area contributed by atoms with Gasteiger partial charge < -0.3 is 15.3 Å². The first-order valence-corrected chi connectivity index (χ1v) is 9.55. The van der Waals surface area contributed by atoms with Gasteiger partial charge in [0.1, 0.15) is 0 Å². The number of alkyl halides is 3. The molecule has 2 aromatic rings. The molecule has 2 N–H and O–H groups in total. The molecule has 2 aromatic heterocycles. The second-order valence-electron chi connectivity index (χ2n) is 6.02. The van der Waals surface area contributed by atoms with Crippen molar-refractivity contribution in [3.05, 3.63) is 24.2 Å². The number of β-amino-alcohol motifs (C(OH)–C–C–N with tert-alkyl or cyclic N) is 1. The van der Waals surface area contributed by atoms with E-state index >= 15 is 0 Å². The highest BCUT2D eigenvalue weighted by molar-refractivity contribution is 5.60. The zero-order valence-electron chi connectivity index (χ0n) is 16.5. The summed E-state index contributed by atoms with van der Waals surface area (Å²) in [6.07, 6.45) is -1.91. The second kappa shape index (κ2) is 9.33. The summed E-state index contributed by atoms with van der Waals surface area (Å²) in [5.74, 6) is -0.0248. The topological polar surface area (TPSA) is 79.1 Å². The van der Waals surface area contributed by atoms with Crippen LogP contribution in [0.25, 0.3) is 11.3 Å². The highest BCUT2D eigenvalue weighted by Gasteiger charge is 2.36. The van der Waals surface area contributed by atoms with Crippen LogP contribution >= 0.6 is 0 Å². The SMILES string of the molecule is CC.CC.OC1CN(c2nc(-c3cnn(C4CNC4)c3)cc(C(F)(F)F)n2)C1. The maximum absolute atomic E-state index is 13.1. The third-order valence-electron chi connectivity index (χ3n) is 4.18. The van der Waals surface area contributed by atoms with Crippen LogP contribution in [0.5, 0.6) is 0 Å². The number of nitrogens with one attached hydrogen (secondary N) is 1. The van der Waals surface area contributed by atoms with E-state index in [9.17, 15) is 18.3 Å². The standard InChI is InChI=1S/C14H15F3N6O.2C2H6/c15-14(16,17)12-1-11(20-13(21-12)22-6-10(24)7-22)8-2-19-23(5-8)9-3-18-4-9;2*1-2/h1-2,5,9-10,18,24H,3-4,6-7H2;2*1-2H3. The Kier molecular flexibility index (Phi) is 7.36. The van der Waals surface area contributed by atoms with E-state index in [4.69, 9.17) is 0 Å². The Labute approximate surface area is 162 Å². The molecule has 2 aliphatic heterocycles. The Balaban J connectivity index is 0.000000660. The fourth-order valence-electron chi connectivity index (χ4n) is 2.62. The zero-order chi connectivity index (χ0) is 20.9. The molecular weight excluding hydrogens is 373 g/mol. The van der Waals surface area contributed by atoms with E-state index in [0.717, 1.165) is 19.2 Å². The fraction of sp³-hybridized carbons (Fsp3) is 0.611. The molecule has 4 heterocycles. The molecule has 28 heavy (non-hydrogen) atoms. The first-order valence-electron chi connectivity index (χ1n) is 9.55. The van der Waals surface area contributed by atoms with Crippen molar-refractivity contribution in [3.63, 3.8) is 0 Å². The molecule has 0 amide bonds. The van der Waals surface area contributed by atoms with Gasteiger partial charge in [0.25, 0.3) is 0 Å². The number of anilines is 1. The number of aliphatic hydroxyl groups excluding tert-OH is 1. The van der Waals surface area contributed by atoms with Crippen molar-refractivity contribution in [2.24, 2.45) is 0 Å². The summed E-state index contributed by atoms with van der Waals surface area (Å²) >= 11 is 0. The minimum absolute atomic E-state index is 0.0248. The lowest BCUT2D eigenvalue weighted by Gasteiger charge is -2.36. The van der Waals surface area contributed by atoms with Crippen molar-refractivity contribution in [1.82, 2.24) is 25.1 Å². The third kappa shape index (κ3) is 4.79. The van der Waals surface area contributed by atoms with Crippen molar-refractivity contribution in [2.75, 3.05) is 31.1 Å². The lowest BCUT2D eigenvalue weighted by molar-refractivity contribution is -0.141. The minimum atomic E-state index is -4.57. The minimum Gasteiger partial charge on any atom is -0.389 e. The van der Waals surface area contributed by atoms with Crippen LogP contribution < -0.4 is 10.2 Å². The molecule has 7 nitrogen and oxygen atoms in total. The van der Waals surface area contributed by atoms with Gasteiger partial charge in [-0.3, -0.25) is 4.68 Å². The average molecular weight is 400 g/mol. The number of nitrogens with zero attached hydrogens (tertiary/aromatic N) is 5. The van der Waals surface area contributed by atoms with Gasteiger partial charge in [-0.2, -0.15) is 18.3 Å². The predicted octanol–water partition coefficient (Wildman–Crippen LogP) is 2.74. The van der Waals surface area contributed by atoms with Gasteiger partial charge in [0.2, 0.25) is 5.95 Å². The number of aliphatic hydroxyl groups is 1. The monoisotopic (exact) mass is 400 g/mol. The summed E-state index contributed by atoms with van der Waals surface area (Å²) in [5.41, 5.74) is -0.314. The molecule has 2 fully saturated rings. The number of aromatic nitrogens is 4. The molecule has 0 radical (unpaired) electrons. The van der Waals surface area contributed by atoms with Crippen LogP contribution in [0.3, 0.4) is 0 Å². The molecule has 0 spiro atoms. The van der Waals surface area contributed by atoms with Crippen LogP contribution in [-0.2, 0) is 6.18 Å². The number of hydrogen-bond donors (Lipinski definition) is 2. The van der Waals surface area contributed by atoms with Gasteiger partial charge in [0.15, 0.2) is 5.69 Å². The van der Waals surface area contributed by atoms with E-state index in [1.807, 2.05) is 27.7 Å². The molecule has 0 saturated carbocycles. The van der Waals surface area contributed by atoms with Crippen molar-refractivity contribution in [3.8, 4) is 11.3 Å². The normalized spacial score (nSPS) is 16.9. The van der Waals surface area contributed by atoms with Crippen LogP contribution in [0.15, 0.2) is 18.5 Å². The lowest BCUT2D eigenvalue weighted by Crippen LogP contribution is -2.51. The van der Waals surface area contributed by atoms with E-state index < -0.39 is 18.0 Å². The maximum atomic E-state index is 13.1. The van der Waals surface area contributed by atoms with Gasteiger partial charge in [0.05, 0.1) is 24.0 Å². The molecule has 0 aliphatic carbocycles. The van der Waals surface area contributed by atoms with E-state index in [-0.39, 0.29) is 30.8 Å². The average Bonchev–Trinajstić information content (AvgIpc) is 3.09. The predicted molar refractivity (Wildman–Crippen MR) is 101 cm³/mol. The first kappa shape index (κ1) is 22.1. The smallest absolute Gasteiger partial charge is 0.389 e. The van der Waals surface area contributed by atoms with Gasteiger partial charge >= 0.3 is 6.18 Å². The molecule has 4 rings (SSSR count). The zero-order valence-corrected chi connectivity index (χ0v) is 16.5. The highest BCUT2D eigenvalue weighted by atomic mass is 19.4. The van der Waals surface area contributed by atoms with E-state index in [1.54, 1.807) is 10.9 Å². The van der Waals surface area contributed by atoms with Gasteiger partial charge in [-0.05, 0) is 6.07 Å². The van der Waals surface area contributed by atoms with Gasteiger partial charge in [0, 0.05) is 37.9 Å².